The molecule has 0 radical (unpaired) electrons. The van der Waals surface area contributed by atoms with Crippen molar-refractivity contribution in [2.75, 3.05) is 18.0 Å². The first-order chi connectivity index (χ1) is 12.8. The highest BCUT2D eigenvalue weighted by Gasteiger charge is 2.33. The Morgan fingerprint density at radius 2 is 2.11 bits per heavy atom. The maximum Gasteiger partial charge on any atom is 0.416 e. The van der Waals surface area contributed by atoms with Gasteiger partial charge in [0.25, 0.3) is 0 Å². The minimum Gasteiger partial charge on any atom is -0.443 e. The van der Waals surface area contributed by atoms with Crippen LogP contribution in [0.15, 0.2) is 18.3 Å². The molecule has 2 heterocycles. The summed E-state index contributed by atoms with van der Waals surface area (Å²) < 4.78 is 5.73. The van der Waals surface area contributed by atoms with Crippen LogP contribution in [-0.2, 0) is 4.74 Å². The summed E-state index contributed by atoms with van der Waals surface area (Å²) >= 11 is 0. The quantitative estimate of drug-likeness (QED) is 0.653. The van der Waals surface area contributed by atoms with Crippen LogP contribution in [0.1, 0.15) is 85.3 Å². The summed E-state index contributed by atoms with van der Waals surface area (Å²) in [6, 6.07) is 4.47. The van der Waals surface area contributed by atoms with E-state index < -0.39 is 5.60 Å². The summed E-state index contributed by atoms with van der Waals surface area (Å²) in [4.78, 5) is 22.0. The van der Waals surface area contributed by atoms with Crippen molar-refractivity contribution in [2.24, 2.45) is 0 Å². The fourth-order valence-electron chi connectivity index (χ4n) is 3.74. The third kappa shape index (κ3) is 5.68. The highest BCUT2D eigenvalue weighted by Crippen LogP contribution is 2.36. The van der Waals surface area contributed by atoms with Crippen LogP contribution in [0, 0.1) is 0 Å². The largest absolute Gasteiger partial charge is 0.443 e. The van der Waals surface area contributed by atoms with E-state index in [1.165, 1.54) is 12.8 Å². The number of hydrogen-bond acceptors (Lipinski definition) is 4. The standard InChI is InChI=1S/C22H37N3O2/c1-7-15-24-16-10-9-13-19(24)18-12-11-14-23-20(18)25(17(3)8-2)21(26)27-22(4,5)6/h11-12,14,17,19H,7-10,13,15-16H2,1-6H3/t17-,19-/m1/s1. The number of piperidine rings is 1. The van der Waals surface area contributed by atoms with Gasteiger partial charge in [0, 0.05) is 23.8 Å². The molecule has 0 bridgehead atoms. The number of carbonyl (C=O) groups is 1. The lowest BCUT2D eigenvalue weighted by Gasteiger charge is -2.38. The molecule has 0 N–H and O–H groups in total. The van der Waals surface area contributed by atoms with Crippen LogP contribution in [-0.4, -0.2) is 40.7 Å². The van der Waals surface area contributed by atoms with E-state index >= 15 is 0 Å². The molecule has 1 aromatic heterocycles. The number of likely N-dealkylation sites (tertiary alicyclic amines) is 1. The zero-order valence-electron chi connectivity index (χ0n) is 18.0. The highest BCUT2D eigenvalue weighted by molar-refractivity contribution is 5.88. The molecule has 2 atom stereocenters. The van der Waals surface area contributed by atoms with Crippen LogP contribution in [0.2, 0.25) is 0 Å². The Morgan fingerprint density at radius 1 is 1.37 bits per heavy atom. The number of aromatic nitrogens is 1. The molecule has 1 aromatic rings. The number of carbonyl (C=O) groups excluding carboxylic acids is 1. The van der Waals surface area contributed by atoms with Gasteiger partial charge in [0.2, 0.25) is 0 Å². The highest BCUT2D eigenvalue weighted by atomic mass is 16.6. The molecule has 1 amide bonds. The van der Waals surface area contributed by atoms with E-state index in [-0.39, 0.29) is 12.1 Å². The van der Waals surface area contributed by atoms with Crippen LogP contribution in [0.3, 0.4) is 0 Å². The zero-order valence-corrected chi connectivity index (χ0v) is 18.0. The van der Waals surface area contributed by atoms with Crippen molar-refractivity contribution in [1.82, 2.24) is 9.88 Å². The van der Waals surface area contributed by atoms with Crippen molar-refractivity contribution >= 4 is 11.9 Å². The molecule has 1 fully saturated rings. The monoisotopic (exact) mass is 375 g/mol. The molecule has 0 saturated carbocycles. The minimum atomic E-state index is -0.531. The van der Waals surface area contributed by atoms with E-state index in [0.717, 1.165) is 43.7 Å². The lowest BCUT2D eigenvalue weighted by atomic mass is 9.94. The van der Waals surface area contributed by atoms with Gasteiger partial charge < -0.3 is 4.74 Å². The van der Waals surface area contributed by atoms with Crippen molar-refractivity contribution in [3.8, 4) is 0 Å². The maximum atomic E-state index is 13.1. The molecule has 1 aliphatic heterocycles. The second-order valence-electron chi connectivity index (χ2n) is 8.57. The second kappa shape index (κ2) is 9.54. The lowest BCUT2D eigenvalue weighted by molar-refractivity contribution is 0.0564. The molecule has 27 heavy (non-hydrogen) atoms. The SMILES string of the molecule is CCCN1CCCC[C@@H]1c1cccnc1N(C(=O)OC(C)(C)C)[C@H](C)CC. The molecule has 0 aromatic carbocycles. The van der Waals surface area contributed by atoms with Gasteiger partial charge in [-0.15, -0.1) is 0 Å². The van der Waals surface area contributed by atoms with E-state index in [0.29, 0.717) is 6.04 Å². The minimum absolute atomic E-state index is 0.0247. The smallest absolute Gasteiger partial charge is 0.416 e. The summed E-state index contributed by atoms with van der Waals surface area (Å²) in [5.41, 5.74) is 0.619. The average Bonchev–Trinajstić information content (AvgIpc) is 2.61. The first-order valence-corrected chi connectivity index (χ1v) is 10.5. The number of rotatable bonds is 6. The zero-order chi connectivity index (χ0) is 20.0. The molecule has 0 spiro atoms. The van der Waals surface area contributed by atoms with Gasteiger partial charge in [-0.3, -0.25) is 9.80 Å². The number of anilines is 1. The van der Waals surface area contributed by atoms with Gasteiger partial charge in [0.1, 0.15) is 11.4 Å². The fourth-order valence-corrected chi connectivity index (χ4v) is 3.74. The van der Waals surface area contributed by atoms with Crippen LogP contribution in [0.5, 0.6) is 0 Å². The van der Waals surface area contributed by atoms with Gasteiger partial charge in [0.15, 0.2) is 0 Å². The van der Waals surface area contributed by atoms with E-state index in [1.54, 1.807) is 11.1 Å². The third-order valence-electron chi connectivity index (χ3n) is 5.15. The molecule has 5 nitrogen and oxygen atoms in total. The Hall–Kier alpha value is -1.62. The molecule has 5 heteroatoms. The number of pyridine rings is 1. The molecule has 0 aliphatic carbocycles. The van der Waals surface area contributed by atoms with Gasteiger partial charge >= 0.3 is 6.09 Å². The number of amides is 1. The maximum absolute atomic E-state index is 13.1. The molecule has 1 aliphatic rings. The van der Waals surface area contributed by atoms with Gasteiger partial charge in [-0.05, 0) is 72.5 Å². The Bertz CT molecular complexity index is 610. The third-order valence-corrected chi connectivity index (χ3v) is 5.15. The normalized spacial score (nSPS) is 19.6. The summed E-state index contributed by atoms with van der Waals surface area (Å²) in [6.45, 7) is 14.3. The van der Waals surface area contributed by atoms with E-state index in [4.69, 9.17) is 4.74 Å². The van der Waals surface area contributed by atoms with E-state index in [1.807, 2.05) is 26.8 Å². The van der Waals surface area contributed by atoms with Crippen molar-refractivity contribution in [3.63, 3.8) is 0 Å². The molecule has 1 saturated heterocycles. The molecular formula is C22H37N3O2. The second-order valence-corrected chi connectivity index (χ2v) is 8.57. The Balaban J connectivity index is 2.43. The van der Waals surface area contributed by atoms with Crippen molar-refractivity contribution in [1.29, 1.82) is 0 Å². The molecule has 152 valence electrons. The van der Waals surface area contributed by atoms with Gasteiger partial charge in [-0.1, -0.05) is 26.3 Å². The lowest BCUT2D eigenvalue weighted by Crippen LogP contribution is -2.44. The number of nitrogens with zero attached hydrogens (tertiary/aromatic N) is 3. The van der Waals surface area contributed by atoms with Crippen LogP contribution in [0.4, 0.5) is 10.6 Å². The predicted octanol–water partition coefficient (Wildman–Crippen LogP) is 5.56. The van der Waals surface area contributed by atoms with Gasteiger partial charge in [0.05, 0.1) is 0 Å². The fraction of sp³-hybridized carbons (Fsp3) is 0.727. The van der Waals surface area contributed by atoms with Crippen molar-refractivity contribution in [3.05, 3.63) is 23.9 Å². The number of ether oxygens (including phenoxy) is 1. The first kappa shape index (κ1) is 21.7. The number of hydrogen-bond donors (Lipinski definition) is 0. The molecule has 2 rings (SSSR count). The Labute approximate surface area is 165 Å². The van der Waals surface area contributed by atoms with E-state index in [9.17, 15) is 4.79 Å². The van der Waals surface area contributed by atoms with Crippen LogP contribution in [0.25, 0.3) is 0 Å². The van der Waals surface area contributed by atoms with Crippen LogP contribution < -0.4 is 4.90 Å². The van der Waals surface area contributed by atoms with Gasteiger partial charge in [-0.25, -0.2) is 9.78 Å². The Morgan fingerprint density at radius 3 is 2.74 bits per heavy atom. The summed E-state index contributed by atoms with van der Waals surface area (Å²) in [6.07, 6.45) is 7.02. The molecular weight excluding hydrogens is 338 g/mol. The van der Waals surface area contributed by atoms with E-state index in [2.05, 4.69) is 36.7 Å². The average molecular weight is 376 g/mol. The molecule has 0 unspecified atom stereocenters. The van der Waals surface area contributed by atoms with Crippen molar-refractivity contribution in [2.45, 2.75) is 91.3 Å². The first-order valence-electron chi connectivity index (χ1n) is 10.5. The van der Waals surface area contributed by atoms with Gasteiger partial charge in [-0.2, -0.15) is 0 Å². The van der Waals surface area contributed by atoms with Crippen LogP contribution >= 0.6 is 0 Å². The Kier molecular flexibility index (Phi) is 7.66. The summed E-state index contributed by atoms with van der Waals surface area (Å²) in [5.74, 6) is 0.758. The van der Waals surface area contributed by atoms with Crippen molar-refractivity contribution < 1.29 is 9.53 Å². The summed E-state index contributed by atoms with van der Waals surface area (Å²) in [7, 11) is 0. The topological polar surface area (TPSA) is 45.7 Å². The summed E-state index contributed by atoms with van der Waals surface area (Å²) in [5, 5.41) is 0. The predicted molar refractivity (Wildman–Crippen MR) is 111 cm³/mol.